The summed E-state index contributed by atoms with van der Waals surface area (Å²) in [5.74, 6) is 1.30. The fraction of sp³-hybridized carbons (Fsp3) is 0. The molecule has 118 valence electrons. The first-order valence-corrected chi connectivity index (χ1v) is 7.60. The molecule has 0 radical (unpaired) electrons. The van der Waals surface area contributed by atoms with Gasteiger partial charge in [0.05, 0.1) is 11.8 Å². The van der Waals surface area contributed by atoms with Gasteiger partial charge in [-0.2, -0.15) is 0 Å². The first kappa shape index (κ1) is 14.7. The second-order valence-electron chi connectivity index (χ2n) is 5.17. The molecule has 4 rings (SSSR count). The average molecular weight is 340 g/mol. The van der Waals surface area contributed by atoms with E-state index in [2.05, 4.69) is 15.3 Å². The highest BCUT2D eigenvalue weighted by molar-refractivity contribution is 6.31. The zero-order chi connectivity index (χ0) is 16.5. The van der Waals surface area contributed by atoms with Crippen LogP contribution in [0.4, 0.5) is 15.9 Å². The van der Waals surface area contributed by atoms with Crippen LogP contribution in [0.15, 0.2) is 65.3 Å². The fourth-order valence-corrected chi connectivity index (χ4v) is 2.55. The lowest BCUT2D eigenvalue weighted by molar-refractivity contribution is 0.577. The second-order valence-corrected chi connectivity index (χ2v) is 5.60. The molecule has 6 heteroatoms. The third kappa shape index (κ3) is 2.81. The van der Waals surface area contributed by atoms with Gasteiger partial charge in [-0.15, -0.1) is 0 Å². The SMILES string of the molecule is Fc1ccc(Nc2nc(-c3ccco3)nc3cc(Cl)ccc23)cc1. The smallest absolute Gasteiger partial charge is 0.198 e. The van der Waals surface area contributed by atoms with Gasteiger partial charge in [0.15, 0.2) is 11.6 Å². The van der Waals surface area contributed by atoms with Crippen molar-refractivity contribution in [1.29, 1.82) is 0 Å². The Labute approximate surface area is 141 Å². The maximum absolute atomic E-state index is 13.1. The number of fused-ring (bicyclic) bond motifs is 1. The normalized spacial score (nSPS) is 10.9. The van der Waals surface area contributed by atoms with E-state index in [4.69, 9.17) is 16.0 Å². The second kappa shape index (κ2) is 5.94. The van der Waals surface area contributed by atoms with E-state index in [9.17, 15) is 4.39 Å². The molecule has 0 atom stereocenters. The third-order valence-electron chi connectivity index (χ3n) is 3.51. The Morgan fingerprint density at radius 2 is 1.83 bits per heavy atom. The molecular weight excluding hydrogens is 329 g/mol. The van der Waals surface area contributed by atoms with E-state index in [0.29, 0.717) is 27.9 Å². The van der Waals surface area contributed by atoms with Gasteiger partial charge in [0.2, 0.25) is 0 Å². The number of furan rings is 1. The van der Waals surface area contributed by atoms with Crippen LogP contribution in [-0.4, -0.2) is 9.97 Å². The van der Waals surface area contributed by atoms with Gasteiger partial charge in [0, 0.05) is 16.1 Å². The molecule has 4 aromatic rings. The van der Waals surface area contributed by atoms with Crippen molar-refractivity contribution in [3.8, 4) is 11.6 Å². The van der Waals surface area contributed by atoms with Gasteiger partial charge in [-0.3, -0.25) is 0 Å². The minimum absolute atomic E-state index is 0.295. The van der Waals surface area contributed by atoms with Crippen LogP contribution in [0.1, 0.15) is 0 Å². The summed E-state index contributed by atoms with van der Waals surface area (Å²) in [6.45, 7) is 0. The number of anilines is 2. The Morgan fingerprint density at radius 3 is 2.58 bits per heavy atom. The van der Waals surface area contributed by atoms with Crippen LogP contribution in [0.2, 0.25) is 5.02 Å². The van der Waals surface area contributed by atoms with Crippen molar-refractivity contribution in [2.75, 3.05) is 5.32 Å². The molecule has 0 aliphatic carbocycles. The van der Waals surface area contributed by atoms with Gasteiger partial charge < -0.3 is 9.73 Å². The van der Waals surface area contributed by atoms with E-state index in [1.807, 2.05) is 6.07 Å². The summed E-state index contributed by atoms with van der Waals surface area (Å²) in [4.78, 5) is 9.04. The zero-order valence-electron chi connectivity index (χ0n) is 12.3. The van der Waals surface area contributed by atoms with Gasteiger partial charge in [-0.25, -0.2) is 14.4 Å². The van der Waals surface area contributed by atoms with Crippen molar-refractivity contribution < 1.29 is 8.81 Å². The van der Waals surface area contributed by atoms with Crippen LogP contribution in [0, 0.1) is 5.82 Å². The highest BCUT2D eigenvalue weighted by atomic mass is 35.5. The maximum atomic E-state index is 13.1. The summed E-state index contributed by atoms with van der Waals surface area (Å²) in [6, 6.07) is 15.0. The maximum Gasteiger partial charge on any atom is 0.198 e. The molecule has 0 fully saturated rings. The lowest BCUT2D eigenvalue weighted by atomic mass is 10.2. The summed E-state index contributed by atoms with van der Waals surface area (Å²) < 4.78 is 18.5. The Hall–Kier alpha value is -2.92. The van der Waals surface area contributed by atoms with Crippen molar-refractivity contribution in [2.24, 2.45) is 0 Å². The molecule has 2 aromatic heterocycles. The molecule has 0 bridgehead atoms. The summed E-state index contributed by atoms with van der Waals surface area (Å²) in [6.07, 6.45) is 1.56. The highest BCUT2D eigenvalue weighted by Gasteiger charge is 2.12. The summed E-state index contributed by atoms with van der Waals surface area (Å²) in [7, 11) is 0. The van der Waals surface area contributed by atoms with Crippen molar-refractivity contribution in [3.63, 3.8) is 0 Å². The molecule has 0 saturated carbocycles. The number of rotatable bonds is 3. The number of nitrogens with one attached hydrogen (secondary N) is 1. The van der Waals surface area contributed by atoms with E-state index in [1.54, 1.807) is 42.7 Å². The van der Waals surface area contributed by atoms with E-state index >= 15 is 0 Å². The number of halogens is 2. The zero-order valence-corrected chi connectivity index (χ0v) is 13.1. The summed E-state index contributed by atoms with van der Waals surface area (Å²) in [5.41, 5.74) is 1.41. The minimum Gasteiger partial charge on any atom is -0.461 e. The van der Waals surface area contributed by atoms with E-state index < -0.39 is 0 Å². The van der Waals surface area contributed by atoms with E-state index in [-0.39, 0.29) is 5.82 Å². The molecular formula is C18H11ClFN3O. The van der Waals surface area contributed by atoms with Crippen LogP contribution in [0.5, 0.6) is 0 Å². The first-order valence-electron chi connectivity index (χ1n) is 7.23. The topological polar surface area (TPSA) is 51.0 Å². The Bertz CT molecular complexity index is 1000. The highest BCUT2D eigenvalue weighted by Crippen LogP contribution is 2.29. The van der Waals surface area contributed by atoms with Gasteiger partial charge >= 0.3 is 0 Å². The number of aromatic nitrogens is 2. The molecule has 24 heavy (non-hydrogen) atoms. The first-order chi connectivity index (χ1) is 11.7. The van der Waals surface area contributed by atoms with Crippen LogP contribution in [0.25, 0.3) is 22.5 Å². The summed E-state index contributed by atoms with van der Waals surface area (Å²) in [5, 5.41) is 4.58. The van der Waals surface area contributed by atoms with Crippen LogP contribution >= 0.6 is 11.6 Å². The molecule has 2 aromatic carbocycles. The van der Waals surface area contributed by atoms with Crippen molar-refractivity contribution in [2.45, 2.75) is 0 Å². The van der Waals surface area contributed by atoms with Gasteiger partial charge in [0.25, 0.3) is 0 Å². The minimum atomic E-state index is -0.295. The summed E-state index contributed by atoms with van der Waals surface area (Å²) >= 11 is 6.08. The molecule has 0 saturated heterocycles. The number of nitrogens with zero attached hydrogens (tertiary/aromatic N) is 2. The Balaban J connectivity index is 1.87. The average Bonchev–Trinajstić information content (AvgIpc) is 3.11. The molecule has 0 aliphatic heterocycles. The van der Waals surface area contributed by atoms with Crippen LogP contribution in [-0.2, 0) is 0 Å². The van der Waals surface area contributed by atoms with Crippen molar-refractivity contribution in [3.05, 3.63) is 71.7 Å². The molecule has 0 unspecified atom stereocenters. The monoisotopic (exact) mass is 339 g/mol. The Morgan fingerprint density at radius 1 is 1.00 bits per heavy atom. The van der Waals surface area contributed by atoms with Gasteiger partial charge in [-0.05, 0) is 54.6 Å². The van der Waals surface area contributed by atoms with Crippen molar-refractivity contribution >= 4 is 34.0 Å². The molecule has 0 aliphatic rings. The van der Waals surface area contributed by atoms with Crippen LogP contribution < -0.4 is 5.32 Å². The van der Waals surface area contributed by atoms with Gasteiger partial charge in [-0.1, -0.05) is 11.6 Å². The molecule has 1 N–H and O–H groups in total. The quantitative estimate of drug-likeness (QED) is 0.541. The lowest BCUT2D eigenvalue weighted by Crippen LogP contribution is -1.99. The van der Waals surface area contributed by atoms with E-state index in [0.717, 1.165) is 11.1 Å². The predicted octanol–water partition coefficient (Wildman–Crippen LogP) is 5.43. The number of hydrogen-bond acceptors (Lipinski definition) is 4. The molecule has 0 spiro atoms. The Kier molecular flexibility index (Phi) is 3.63. The predicted molar refractivity (Wildman–Crippen MR) is 91.9 cm³/mol. The number of hydrogen-bond donors (Lipinski definition) is 1. The third-order valence-corrected chi connectivity index (χ3v) is 3.74. The largest absolute Gasteiger partial charge is 0.461 e. The molecule has 4 nitrogen and oxygen atoms in total. The number of benzene rings is 2. The molecule has 2 heterocycles. The standard InChI is InChI=1S/C18H11ClFN3O/c19-11-3-8-14-15(10-11)22-18(16-2-1-9-24-16)23-17(14)21-13-6-4-12(20)5-7-13/h1-10H,(H,21,22,23). The fourth-order valence-electron chi connectivity index (χ4n) is 2.38. The lowest BCUT2D eigenvalue weighted by Gasteiger charge is -2.10. The molecule has 0 amide bonds. The van der Waals surface area contributed by atoms with Crippen LogP contribution in [0.3, 0.4) is 0 Å². The van der Waals surface area contributed by atoms with Gasteiger partial charge in [0.1, 0.15) is 11.6 Å². The van der Waals surface area contributed by atoms with Crippen molar-refractivity contribution in [1.82, 2.24) is 9.97 Å². The van der Waals surface area contributed by atoms with E-state index in [1.165, 1.54) is 12.1 Å².